The Labute approximate surface area is 133 Å². The van der Waals surface area contributed by atoms with E-state index in [9.17, 15) is 9.90 Å². The van der Waals surface area contributed by atoms with Crippen molar-refractivity contribution in [3.63, 3.8) is 0 Å². The van der Waals surface area contributed by atoms with Crippen molar-refractivity contribution in [1.82, 2.24) is 14.8 Å². The van der Waals surface area contributed by atoms with Gasteiger partial charge in [0.1, 0.15) is 11.0 Å². The number of carboxylic acid groups (broad SMARTS) is 1. The lowest BCUT2D eigenvalue weighted by molar-refractivity contribution is -0.144. The molecule has 0 aliphatic carbocycles. The first-order valence-corrected chi connectivity index (χ1v) is 8.24. The molecular weight excluding hydrogens is 298 g/mol. The highest BCUT2D eigenvalue weighted by Gasteiger charge is 2.30. The van der Waals surface area contributed by atoms with Gasteiger partial charge in [0, 0.05) is 37.8 Å². The van der Waals surface area contributed by atoms with E-state index in [1.54, 1.807) is 11.3 Å². The zero-order chi connectivity index (χ0) is 15.4. The van der Waals surface area contributed by atoms with Crippen LogP contribution in [0.3, 0.4) is 0 Å². The molecule has 1 aromatic heterocycles. The number of hydrogen-bond acceptors (Lipinski definition) is 5. The van der Waals surface area contributed by atoms with Crippen molar-refractivity contribution >= 4 is 17.3 Å². The van der Waals surface area contributed by atoms with Crippen molar-refractivity contribution in [2.75, 3.05) is 26.2 Å². The third-order valence-corrected chi connectivity index (χ3v) is 4.73. The highest BCUT2D eigenvalue weighted by Crippen LogP contribution is 2.23. The van der Waals surface area contributed by atoms with E-state index in [1.165, 1.54) is 0 Å². The second-order valence-corrected chi connectivity index (χ2v) is 6.37. The van der Waals surface area contributed by atoms with Gasteiger partial charge in [0.15, 0.2) is 0 Å². The summed E-state index contributed by atoms with van der Waals surface area (Å²) in [4.78, 5) is 20.4. The number of thiazole rings is 1. The molecule has 2 heterocycles. The number of hydrogen-bond donors (Lipinski definition) is 1. The summed E-state index contributed by atoms with van der Waals surface area (Å²) < 4.78 is 0. The summed E-state index contributed by atoms with van der Waals surface area (Å²) in [7, 11) is 0. The van der Waals surface area contributed by atoms with Gasteiger partial charge >= 0.3 is 5.97 Å². The van der Waals surface area contributed by atoms with Gasteiger partial charge in [0.2, 0.25) is 0 Å². The SMILES string of the molecule is O=C(O)C(c1ccccc1)N1CCN(Cc2nccs2)CC1. The van der Waals surface area contributed by atoms with E-state index < -0.39 is 12.0 Å². The van der Waals surface area contributed by atoms with Crippen molar-refractivity contribution < 1.29 is 9.90 Å². The smallest absolute Gasteiger partial charge is 0.325 e. The average Bonchev–Trinajstić information content (AvgIpc) is 3.03. The molecule has 0 amide bonds. The second-order valence-electron chi connectivity index (χ2n) is 5.39. The van der Waals surface area contributed by atoms with Crippen molar-refractivity contribution in [3.05, 3.63) is 52.5 Å². The third kappa shape index (κ3) is 3.52. The zero-order valence-corrected chi connectivity index (χ0v) is 13.1. The van der Waals surface area contributed by atoms with Crippen molar-refractivity contribution in [2.24, 2.45) is 0 Å². The van der Waals surface area contributed by atoms with Crippen molar-refractivity contribution in [3.8, 4) is 0 Å². The number of aromatic nitrogens is 1. The molecule has 116 valence electrons. The molecule has 0 saturated carbocycles. The molecule has 22 heavy (non-hydrogen) atoms. The van der Waals surface area contributed by atoms with Gasteiger partial charge in [0.25, 0.3) is 0 Å². The van der Waals surface area contributed by atoms with E-state index in [4.69, 9.17) is 0 Å². The minimum absolute atomic E-state index is 0.553. The molecular formula is C16H19N3O2S. The molecule has 1 N–H and O–H groups in total. The quantitative estimate of drug-likeness (QED) is 0.915. The Morgan fingerprint density at radius 1 is 1.23 bits per heavy atom. The summed E-state index contributed by atoms with van der Waals surface area (Å²) in [6, 6.07) is 8.92. The highest BCUT2D eigenvalue weighted by molar-refractivity contribution is 7.09. The normalized spacial score (nSPS) is 18.2. The van der Waals surface area contributed by atoms with Crippen molar-refractivity contribution in [2.45, 2.75) is 12.6 Å². The Hall–Kier alpha value is -1.76. The highest BCUT2D eigenvalue weighted by atomic mass is 32.1. The summed E-state index contributed by atoms with van der Waals surface area (Å²) in [6.45, 7) is 4.12. The lowest BCUT2D eigenvalue weighted by Gasteiger charge is -2.37. The van der Waals surface area contributed by atoms with Crippen LogP contribution in [0.4, 0.5) is 0 Å². The number of carbonyl (C=O) groups is 1. The van der Waals surface area contributed by atoms with Crippen LogP contribution in [-0.4, -0.2) is 52.0 Å². The van der Waals surface area contributed by atoms with E-state index in [2.05, 4.69) is 14.8 Å². The maximum absolute atomic E-state index is 11.7. The molecule has 6 heteroatoms. The van der Waals surface area contributed by atoms with Crippen LogP contribution in [0, 0.1) is 0 Å². The Balaban J connectivity index is 1.62. The molecule has 1 aromatic carbocycles. The van der Waals surface area contributed by atoms with Gasteiger partial charge in [-0.2, -0.15) is 0 Å². The predicted octanol–water partition coefficient (Wildman–Crippen LogP) is 2.09. The molecule has 0 radical (unpaired) electrons. The van der Waals surface area contributed by atoms with E-state index in [-0.39, 0.29) is 0 Å². The van der Waals surface area contributed by atoms with E-state index in [0.29, 0.717) is 0 Å². The first kappa shape index (κ1) is 15.1. The fourth-order valence-corrected chi connectivity index (χ4v) is 3.50. The summed E-state index contributed by atoms with van der Waals surface area (Å²) in [5, 5.41) is 12.7. The molecule has 1 atom stereocenters. The van der Waals surface area contributed by atoms with Crippen molar-refractivity contribution in [1.29, 1.82) is 0 Å². The second kappa shape index (κ2) is 7.00. The maximum Gasteiger partial charge on any atom is 0.325 e. The number of piperazine rings is 1. The predicted molar refractivity (Wildman–Crippen MR) is 85.8 cm³/mol. The molecule has 3 rings (SSSR count). The Bertz CT molecular complexity index is 595. The molecule has 1 fully saturated rings. The van der Waals surface area contributed by atoms with Gasteiger partial charge in [-0.3, -0.25) is 14.6 Å². The minimum Gasteiger partial charge on any atom is -0.480 e. The fourth-order valence-electron chi connectivity index (χ4n) is 2.85. The van der Waals surface area contributed by atoms with E-state index in [1.807, 2.05) is 41.9 Å². The van der Waals surface area contributed by atoms with Gasteiger partial charge in [-0.25, -0.2) is 4.98 Å². The largest absolute Gasteiger partial charge is 0.480 e. The Kier molecular flexibility index (Phi) is 4.82. The van der Waals surface area contributed by atoms with Gasteiger partial charge in [-0.15, -0.1) is 11.3 Å². The topological polar surface area (TPSA) is 56.7 Å². The number of carboxylic acids is 1. The van der Waals surface area contributed by atoms with Gasteiger partial charge in [-0.05, 0) is 5.56 Å². The van der Waals surface area contributed by atoms with Crippen LogP contribution < -0.4 is 0 Å². The van der Waals surface area contributed by atoms with E-state index >= 15 is 0 Å². The number of aliphatic carboxylic acids is 1. The van der Waals surface area contributed by atoms with Crippen LogP contribution >= 0.6 is 11.3 Å². The molecule has 1 unspecified atom stereocenters. The number of nitrogens with zero attached hydrogens (tertiary/aromatic N) is 3. The minimum atomic E-state index is -0.778. The Morgan fingerprint density at radius 3 is 2.55 bits per heavy atom. The number of benzene rings is 1. The first-order valence-electron chi connectivity index (χ1n) is 7.36. The lowest BCUT2D eigenvalue weighted by Crippen LogP contribution is -2.48. The monoisotopic (exact) mass is 317 g/mol. The molecule has 0 bridgehead atoms. The third-order valence-electron chi connectivity index (χ3n) is 3.96. The molecule has 1 aliphatic heterocycles. The van der Waals surface area contributed by atoms with Gasteiger partial charge < -0.3 is 5.11 Å². The zero-order valence-electron chi connectivity index (χ0n) is 12.3. The summed E-state index contributed by atoms with van der Waals surface area (Å²) >= 11 is 1.66. The van der Waals surface area contributed by atoms with Crippen LogP contribution in [0.2, 0.25) is 0 Å². The molecule has 1 aliphatic rings. The summed E-state index contributed by atoms with van der Waals surface area (Å²) in [5.41, 5.74) is 0.850. The molecule has 1 saturated heterocycles. The summed E-state index contributed by atoms with van der Waals surface area (Å²) in [5.74, 6) is -0.778. The van der Waals surface area contributed by atoms with Crippen LogP contribution in [0.1, 0.15) is 16.6 Å². The molecule has 5 nitrogen and oxygen atoms in total. The van der Waals surface area contributed by atoms with Crippen LogP contribution in [0.15, 0.2) is 41.9 Å². The molecule has 0 spiro atoms. The summed E-state index contributed by atoms with van der Waals surface area (Å²) in [6.07, 6.45) is 1.83. The lowest BCUT2D eigenvalue weighted by atomic mass is 10.0. The first-order chi connectivity index (χ1) is 10.7. The average molecular weight is 317 g/mol. The van der Waals surface area contributed by atoms with Crippen LogP contribution in [0.5, 0.6) is 0 Å². The Morgan fingerprint density at radius 2 is 1.95 bits per heavy atom. The van der Waals surface area contributed by atoms with Gasteiger partial charge in [-0.1, -0.05) is 30.3 Å². The van der Waals surface area contributed by atoms with Crippen LogP contribution in [0.25, 0.3) is 0 Å². The standard InChI is InChI=1S/C16H19N3O2S/c20-16(21)15(13-4-2-1-3-5-13)19-9-7-18(8-10-19)12-14-17-6-11-22-14/h1-6,11,15H,7-10,12H2,(H,20,21). The number of rotatable bonds is 5. The van der Waals surface area contributed by atoms with E-state index in [0.717, 1.165) is 43.3 Å². The fraction of sp³-hybridized carbons (Fsp3) is 0.375. The maximum atomic E-state index is 11.7. The van der Waals surface area contributed by atoms with Crippen LogP contribution in [-0.2, 0) is 11.3 Å². The molecule has 2 aromatic rings. The van der Waals surface area contributed by atoms with Gasteiger partial charge in [0.05, 0.1) is 6.54 Å².